The van der Waals surface area contributed by atoms with E-state index in [9.17, 15) is 9.90 Å². The van der Waals surface area contributed by atoms with E-state index in [4.69, 9.17) is 4.74 Å². The molecule has 3 N–H and O–H groups in total. The van der Waals surface area contributed by atoms with E-state index in [2.05, 4.69) is 25.6 Å². The highest BCUT2D eigenvalue weighted by molar-refractivity contribution is 5.89. The van der Waals surface area contributed by atoms with Gasteiger partial charge in [0.2, 0.25) is 0 Å². The second-order valence-electron chi connectivity index (χ2n) is 5.17. The van der Waals surface area contributed by atoms with E-state index < -0.39 is 0 Å². The molecule has 0 saturated heterocycles. The third-order valence-corrected chi connectivity index (χ3v) is 3.46. The highest BCUT2D eigenvalue weighted by Gasteiger charge is 2.09. The number of amides is 2. The standard InChI is InChI=1S/C17H17N5O3.ClH/c1-3-18-17(24)22-15-7-5-11-16(21-15)20-12(9-19-11)10-4-6-13(23)14(8-10)25-2;/h4-9,23H,3H2,1-2H3,(H2,18,20,21,22,24);1H. The van der Waals surface area contributed by atoms with Crippen LogP contribution in [0.25, 0.3) is 22.4 Å². The van der Waals surface area contributed by atoms with Gasteiger partial charge in [-0.05, 0) is 37.3 Å². The summed E-state index contributed by atoms with van der Waals surface area (Å²) >= 11 is 0. The molecule has 9 heteroatoms. The van der Waals surface area contributed by atoms with Crippen LogP contribution in [0.15, 0.2) is 36.5 Å². The molecular weight excluding hydrogens is 358 g/mol. The Morgan fingerprint density at radius 1 is 1.23 bits per heavy atom. The van der Waals surface area contributed by atoms with Gasteiger partial charge in [-0.15, -0.1) is 12.4 Å². The van der Waals surface area contributed by atoms with Crippen LogP contribution in [0.4, 0.5) is 10.6 Å². The van der Waals surface area contributed by atoms with E-state index in [-0.39, 0.29) is 24.2 Å². The number of hydrogen-bond donors (Lipinski definition) is 3. The normalized spacial score (nSPS) is 10.1. The zero-order valence-electron chi connectivity index (χ0n) is 14.2. The molecule has 3 aromatic rings. The lowest BCUT2D eigenvalue weighted by molar-refractivity contribution is 0.252. The topological polar surface area (TPSA) is 109 Å². The van der Waals surface area contributed by atoms with Crippen molar-refractivity contribution in [2.24, 2.45) is 0 Å². The fourth-order valence-corrected chi connectivity index (χ4v) is 2.26. The molecule has 0 spiro atoms. The number of ether oxygens (including phenoxy) is 1. The van der Waals surface area contributed by atoms with Crippen LogP contribution >= 0.6 is 12.4 Å². The Morgan fingerprint density at radius 3 is 2.77 bits per heavy atom. The van der Waals surface area contributed by atoms with E-state index in [0.717, 1.165) is 5.56 Å². The SMILES string of the molecule is CCNC(=O)Nc1ccc2ncc(-c3ccc(O)c(OC)c3)nc2n1.Cl. The third kappa shape index (κ3) is 4.09. The van der Waals surface area contributed by atoms with Gasteiger partial charge in [-0.1, -0.05) is 0 Å². The Bertz CT molecular complexity index is 935. The van der Waals surface area contributed by atoms with Gasteiger partial charge in [0.15, 0.2) is 17.1 Å². The number of hydrogen-bond acceptors (Lipinski definition) is 6. The first kappa shape index (κ1) is 19.2. The van der Waals surface area contributed by atoms with Gasteiger partial charge in [-0.25, -0.2) is 14.8 Å². The van der Waals surface area contributed by atoms with Gasteiger partial charge >= 0.3 is 6.03 Å². The lowest BCUT2D eigenvalue weighted by atomic mass is 10.1. The number of phenols is 1. The maximum Gasteiger partial charge on any atom is 0.320 e. The maximum atomic E-state index is 11.6. The van der Waals surface area contributed by atoms with Crippen molar-refractivity contribution in [2.75, 3.05) is 19.0 Å². The fraction of sp³-hybridized carbons (Fsp3) is 0.176. The molecule has 2 heterocycles. The third-order valence-electron chi connectivity index (χ3n) is 3.46. The molecule has 0 radical (unpaired) electrons. The second-order valence-corrected chi connectivity index (χ2v) is 5.17. The molecule has 2 amide bonds. The number of nitrogens with zero attached hydrogens (tertiary/aromatic N) is 3. The zero-order chi connectivity index (χ0) is 17.8. The Hall–Kier alpha value is -3.13. The molecule has 0 aliphatic heterocycles. The highest BCUT2D eigenvalue weighted by Crippen LogP contribution is 2.30. The van der Waals surface area contributed by atoms with E-state index in [1.165, 1.54) is 13.2 Å². The zero-order valence-corrected chi connectivity index (χ0v) is 15.0. The Balaban J connectivity index is 0.00000243. The van der Waals surface area contributed by atoms with Gasteiger partial charge in [-0.2, -0.15) is 0 Å². The molecule has 26 heavy (non-hydrogen) atoms. The number of methoxy groups -OCH3 is 1. The summed E-state index contributed by atoms with van der Waals surface area (Å²) in [5.41, 5.74) is 2.32. The van der Waals surface area contributed by atoms with Crippen molar-refractivity contribution in [3.63, 3.8) is 0 Å². The van der Waals surface area contributed by atoms with E-state index >= 15 is 0 Å². The van der Waals surface area contributed by atoms with Crippen molar-refractivity contribution >= 4 is 35.4 Å². The molecule has 3 rings (SSSR count). The van der Waals surface area contributed by atoms with E-state index in [1.807, 2.05) is 6.92 Å². The summed E-state index contributed by atoms with van der Waals surface area (Å²) in [5, 5.41) is 15.0. The molecule has 0 aliphatic rings. The molecule has 0 saturated carbocycles. The Morgan fingerprint density at radius 2 is 2.04 bits per heavy atom. The van der Waals surface area contributed by atoms with Crippen LogP contribution in [0.2, 0.25) is 0 Å². The minimum atomic E-state index is -0.332. The average Bonchev–Trinajstić information content (AvgIpc) is 2.61. The van der Waals surface area contributed by atoms with Gasteiger partial charge in [0.1, 0.15) is 11.3 Å². The maximum absolute atomic E-state index is 11.6. The van der Waals surface area contributed by atoms with Crippen LogP contribution in [0.3, 0.4) is 0 Å². The van der Waals surface area contributed by atoms with E-state index in [0.29, 0.717) is 35.0 Å². The summed E-state index contributed by atoms with van der Waals surface area (Å²) in [6.45, 7) is 2.35. The monoisotopic (exact) mass is 375 g/mol. The van der Waals surface area contributed by atoms with E-state index in [1.54, 1.807) is 30.5 Å². The fourth-order valence-electron chi connectivity index (χ4n) is 2.26. The summed E-state index contributed by atoms with van der Waals surface area (Å²) in [5.74, 6) is 0.777. The second kappa shape index (κ2) is 8.30. The largest absolute Gasteiger partial charge is 0.504 e. The van der Waals surface area contributed by atoms with Gasteiger partial charge in [0.05, 0.1) is 19.0 Å². The first-order chi connectivity index (χ1) is 12.1. The summed E-state index contributed by atoms with van der Waals surface area (Å²) < 4.78 is 5.11. The molecule has 2 aromatic heterocycles. The van der Waals surface area contributed by atoms with Crippen LogP contribution in [0.5, 0.6) is 11.5 Å². The number of pyridine rings is 1. The lowest BCUT2D eigenvalue weighted by Crippen LogP contribution is -2.28. The van der Waals surface area contributed by atoms with Crippen molar-refractivity contribution in [1.29, 1.82) is 0 Å². The molecule has 136 valence electrons. The molecular formula is C17H18ClN5O3. The van der Waals surface area contributed by atoms with Crippen LogP contribution in [0.1, 0.15) is 6.92 Å². The molecule has 0 unspecified atom stereocenters. The van der Waals surface area contributed by atoms with Crippen molar-refractivity contribution in [2.45, 2.75) is 6.92 Å². The first-order valence-electron chi connectivity index (χ1n) is 7.66. The predicted octanol–water partition coefficient (Wildman–Crippen LogP) is 2.97. The van der Waals surface area contributed by atoms with Crippen molar-refractivity contribution in [1.82, 2.24) is 20.3 Å². The smallest absolute Gasteiger partial charge is 0.320 e. The number of urea groups is 1. The summed E-state index contributed by atoms with van der Waals surface area (Å²) in [6.07, 6.45) is 1.62. The quantitative estimate of drug-likeness (QED) is 0.646. The minimum absolute atomic E-state index is 0. The van der Waals surface area contributed by atoms with Crippen LogP contribution in [-0.4, -0.2) is 39.7 Å². The number of halogens is 1. The lowest BCUT2D eigenvalue weighted by Gasteiger charge is -2.08. The first-order valence-corrected chi connectivity index (χ1v) is 7.66. The Labute approximate surface area is 156 Å². The molecule has 0 atom stereocenters. The number of rotatable bonds is 4. The highest BCUT2D eigenvalue weighted by atomic mass is 35.5. The Kier molecular flexibility index (Phi) is 6.13. The number of nitrogens with one attached hydrogen (secondary N) is 2. The molecule has 8 nitrogen and oxygen atoms in total. The predicted molar refractivity (Wildman–Crippen MR) is 101 cm³/mol. The number of phenolic OH excluding ortho intramolecular Hbond substituents is 1. The number of carbonyl (C=O) groups excluding carboxylic acids is 1. The van der Waals surface area contributed by atoms with Gasteiger partial charge in [0.25, 0.3) is 0 Å². The number of benzene rings is 1. The van der Waals surface area contributed by atoms with Crippen molar-refractivity contribution in [3.05, 3.63) is 36.5 Å². The summed E-state index contributed by atoms with van der Waals surface area (Å²) in [7, 11) is 1.48. The van der Waals surface area contributed by atoms with Gasteiger partial charge in [-0.3, -0.25) is 10.3 Å². The summed E-state index contributed by atoms with van der Waals surface area (Å²) in [4.78, 5) is 24.7. The van der Waals surface area contributed by atoms with Gasteiger partial charge < -0.3 is 15.2 Å². The molecule has 1 aromatic carbocycles. The minimum Gasteiger partial charge on any atom is -0.504 e. The number of carbonyl (C=O) groups is 1. The molecule has 0 fully saturated rings. The van der Waals surface area contributed by atoms with Crippen molar-refractivity contribution < 1.29 is 14.6 Å². The number of aromatic hydroxyl groups is 1. The van der Waals surface area contributed by atoms with Crippen LogP contribution < -0.4 is 15.4 Å². The number of aromatic nitrogens is 3. The van der Waals surface area contributed by atoms with Crippen molar-refractivity contribution in [3.8, 4) is 22.8 Å². The molecule has 0 aliphatic carbocycles. The average molecular weight is 376 g/mol. The van der Waals surface area contributed by atoms with Crippen LogP contribution in [-0.2, 0) is 0 Å². The number of anilines is 1. The van der Waals surface area contributed by atoms with Gasteiger partial charge in [0, 0.05) is 12.1 Å². The molecule has 0 bridgehead atoms. The summed E-state index contributed by atoms with van der Waals surface area (Å²) in [6, 6.07) is 7.97. The van der Waals surface area contributed by atoms with Crippen LogP contribution in [0, 0.1) is 0 Å². The number of fused-ring (bicyclic) bond motifs is 1.